The lowest BCUT2D eigenvalue weighted by Gasteiger charge is -2.06. The van der Waals surface area contributed by atoms with Gasteiger partial charge in [0, 0.05) is 23.4 Å². The molecule has 1 aromatic heterocycles. The van der Waals surface area contributed by atoms with Crippen LogP contribution in [0.4, 0.5) is 5.69 Å². The van der Waals surface area contributed by atoms with Gasteiger partial charge in [-0.3, -0.25) is 9.59 Å². The number of aromatic nitrogens is 1. The molecule has 2 heterocycles. The van der Waals surface area contributed by atoms with Crippen LogP contribution in [0.3, 0.4) is 0 Å². The second-order valence-corrected chi connectivity index (χ2v) is 5.74. The van der Waals surface area contributed by atoms with Crippen LogP contribution in [0, 0.1) is 0 Å². The summed E-state index contributed by atoms with van der Waals surface area (Å²) in [6, 6.07) is 15.9. The standard InChI is InChI=1S/C19H15N3O5/c23-18(21-13-6-7-15-17(8-13)26-11-25-15)10-20-19(24)14-9-16(27-22-14)12-4-2-1-3-5-12/h1-9H,10-11H2,(H,20,24)(H,21,23). The lowest BCUT2D eigenvalue weighted by molar-refractivity contribution is -0.115. The molecule has 8 nitrogen and oxygen atoms in total. The molecule has 0 spiro atoms. The first-order valence-corrected chi connectivity index (χ1v) is 8.19. The van der Waals surface area contributed by atoms with Crippen LogP contribution in [0.1, 0.15) is 10.5 Å². The SMILES string of the molecule is O=C(CNC(=O)c1cc(-c2ccccc2)on1)Nc1ccc2c(c1)OCO2. The Bertz CT molecular complexity index is 984. The molecule has 0 fully saturated rings. The smallest absolute Gasteiger partial charge is 0.273 e. The van der Waals surface area contributed by atoms with Crippen molar-refractivity contribution in [1.29, 1.82) is 0 Å². The molecule has 2 aromatic carbocycles. The van der Waals surface area contributed by atoms with Crippen molar-refractivity contribution in [1.82, 2.24) is 10.5 Å². The maximum Gasteiger partial charge on any atom is 0.273 e. The van der Waals surface area contributed by atoms with Crippen LogP contribution in [0.15, 0.2) is 59.1 Å². The monoisotopic (exact) mass is 365 g/mol. The van der Waals surface area contributed by atoms with Crippen molar-refractivity contribution in [2.45, 2.75) is 0 Å². The van der Waals surface area contributed by atoms with Crippen molar-refractivity contribution in [2.75, 3.05) is 18.7 Å². The molecule has 0 unspecified atom stereocenters. The molecular formula is C19H15N3O5. The molecule has 0 atom stereocenters. The lowest BCUT2D eigenvalue weighted by atomic mass is 10.1. The molecule has 0 bridgehead atoms. The fourth-order valence-electron chi connectivity index (χ4n) is 2.55. The zero-order valence-corrected chi connectivity index (χ0v) is 14.1. The molecule has 4 rings (SSSR count). The van der Waals surface area contributed by atoms with E-state index in [0.717, 1.165) is 5.56 Å². The normalized spacial score (nSPS) is 11.9. The first-order valence-electron chi connectivity index (χ1n) is 8.19. The van der Waals surface area contributed by atoms with Gasteiger partial charge in [-0.25, -0.2) is 0 Å². The van der Waals surface area contributed by atoms with Gasteiger partial charge in [0.1, 0.15) is 0 Å². The quantitative estimate of drug-likeness (QED) is 0.720. The molecule has 136 valence electrons. The minimum absolute atomic E-state index is 0.102. The number of amides is 2. The summed E-state index contributed by atoms with van der Waals surface area (Å²) in [5, 5.41) is 8.93. The summed E-state index contributed by atoms with van der Waals surface area (Å²) in [7, 11) is 0. The van der Waals surface area contributed by atoms with Crippen LogP contribution in [0.2, 0.25) is 0 Å². The number of hydrogen-bond donors (Lipinski definition) is 2. The number of hydrogen-bond acceptors (Lipinski definition) is 6. The molecule has 1 aliphatic heterocycles. The van der Waals surface area contributed by atoms with E-state index in [2.05, 4.69) is 15.8 Å². The zero-order valence-electron chi connectivity index (χ0n) is 14.1. The van der Waals surface area contributed by atoms with Crippen LogP contribution in [0.5, 0.6) is 11.5 Å². The van der Waals surface area contributed by atoms with E-state index in [-0.39, 0.29) is 24.9 Å². The number of carbonyl (C=O) groups is 2. The largest absolute Gasteiger partial charge is 0.454 e. The third kappa shape index (κ3) is 3.74. The Morgan fingerprint density at radius 2 is 1.81 bits per heavy atom. The maximum atomic E-state index is 12.1. The molecule has 1 aliphatic rings. The predicted molar refractivity (Wildman–Crippen MR) is 95.5 cm³/mol. The summed E-state index contributed by atoms with van der Waals surface area (Å²) in [5.74, 6) is 0.788. The molecular weight excluding hydrogens is 350 g/mol. The van der Waals surface area contributed by atoms with Crippen molar-refractivity contribution in [3.63, 3.8) is 0 Å². The molecule has 2 amide bonds. The Labute approximate surface area is 154 Å². The fraction of sp³-hybridized carbons (Fsp3) is 0.105. The number of ether oxygens (including phenoxy) is 2. The lowest BCUT2D eigenvalue weighted by Crippen LogP contribution is -2.33. The van der Waals surface area contributed by atoms with E-state index in [0.29, 0.717) is 22.9 Å². The van der Waals surface area contributed by atoms with Crippen molar-refractivity contribution >= 4 is 17.5 Å². The molecule has 0 radical (unpaired) electrons. The van der Waals surface area contributed by atoms with Crippen LogP contribution < -0.4 is 20.1 Å². The van der Waals surface area contributed by atoms with Crippen molar-refractivity contribution < 1.29 is 23.6 Å². The van der Waals surface area contributed by atoms with E-state index in [1.807, 2.05) is 30.3 Å². The average molecular weight is 365 g/mol. The van der Waals surface area contributed by atoms with Gasteiger partial charge >= 0.3 is 0 Å². The Balaban J connectivity index is 1.32. The topological polar surface area (TPSA) is 103 Å². The summed E-state index contributed by atoms with van der Waals surface area (Å²) in [6.45, 7) is -0.0493. The van der Waals surface area contributed by atoms with Crippen molar-refractivity contribution in [2.24, 2.45) is 0 Å². The van der Waals surface area contributed by atoms with Crippen LogP contribution in [-0.2, 0) is 4.79 Å². The van der Waals surface area contributed by atoms with Gasteiger partial charge in [0.25, 0.3) is 5.91 Å². The van der Waals surface area contributed by atoms with Gasteiger partial charge in [-0.2, -0.15) is 0 Å². The van der Waals surface area contributed by atoms with Gasteiger partial charge in [-0.1, -0.05) is 35.5 Å². The highest BCUT2D eigenvalue weighted by atomic mass is 16.7. The van der Waals surface area contributed by atoms with E-state index in [4.69, 9.17) is 14.0 Å². The van der Waals surface area contributed by atoms with Gasteiger partial charge < -0.3 is 24.6 Å². The summed E-state index contributed by atoms with van der Waals surface area (Å²) in [6.07, 6.45) is 0. The summed E-state index contributed by atoms with van der Waals surface area (Å²) in [5.41, 5.74) is 1.46. The number of rotatable bonds is 5. The number of fused-ring (bicyclic) bond motifs is 1. The Hall–Kier alpha value is -3.81. The molecule has 0 saturated heterocycles. The number of nitrogens with zero attached hydrogens (tertiary/aromatic N) is 1. The number of carbonyl (C=O) groups excluding carboxylic acids is 2. The van der Waals surface area contributed by atoms with Gasteiger partial charge in [-0.15, -0.1) is 0 Å². The van der Waals surface area contributed by atoms with Gasteiger partial charge in [0.2, 0.25) is 12.7 Å². The van der Waals surface area contributed by atoms with Gasteiger partial charge in [0.15, 0.2) is 23.0 Å². The van der Waals surface area contributed by atoms with E-state index < -0.39 is 5.91 Å². The summed E-state index contributed by atoms with van der Waals surface area (Å²) in [4.78, 5) is 24.2. The number of nitrogens with one attached hydrogen (secondary N) is 2. The molecule has 0 saturated carbocycles. The molecule has 3 aromatic rings. The fourth-order valence-corrected chi connectivity index (χ4v) is 2.55. The van der Waals surface area contributed by atoms with E-state index in [1.54, 1.807) is 18.2 Å². The van der Waals surface area contributed by atoms with E-state index in [1.165, 1.54) is 6.07 Å². The highest BCUT2D eigenvalue weighted by Crippen LogP contribution is 2.34. The third-order valence-electron chi connectivity index (χ3n) is 3.87. The van der Waals surface area contributed by atoms with Crippen LogP contribution >= 0.6 is 0 Å². The second-order valence-electron chi connectivity index (χ2n) is 5.74. The first kappa shape index (κ1) is 16.6. The highest BCUT2D eigenvalue weighted by Gasteiger charge is 2.16. The number of anilines is 1. The van der Waals surface area contributed by atoms with Crippen molar-refractivity contribution in [3.05, 3.63) is 60.3 Å². The van der Waals surface area contributed by atoms with E-state index >= 15 is 0 Å². The summed E-state index contributed by atoms with van der Waals surface area (Å²) >= 11 is 0. The van der Waals surface area contributed by atoms with Crippen LogP contribution in [-0.4, -0.2) is 30.3 Å². The summed E-state index contributed by atoms with van der Waals surface area (Å²) < 4.78 is 15.6. The molecule has 8 heteroatoms. The number of benzene rings is 2. The first-order chi connectivity index (χ1) is 13.2. The Kier molecular flexibility index (Phi) is 4.44. The highest BCUT2D eigenvalue weighted by molar-refractivity contribution is 5.98. The minimum Gasteiger partial charge on any atom is -0.454 e. The average Bonchev–Trinajstić information content (AvgIpc) is 3.36. The maximum absolute atomic E-state index is 12.1. The minimum atomic E-state index is -0.498. The zero-order chi connectivity index (χ0) is 18.6. The molecule has 27 heavy (non-hydrogen) atoms. The van der Waals surface area contributed by atoms with Crippen LogP contribution in [0.25, 0.3) is 11.3 Å². The third-order valence-corrected chi connectivity index (χ3v) is 3.87. The Morgan fingerprint density at radius 3 is 2.67 bits per heavy atom. The van der Waals surface area contributed by atoms with Gasteiger partial charge in [-0.05, 0) is 12.1 Å². The van der Waals surface area contributed by atoms with E-state index in [9.17, 15) is 9.59 Å². The molecule has 2 N–H and O–H groups in total. The van der Waals surface area contributed by atoms with Gasteiger partial charge in [0.05, 0.1) is 6.54 Å². The predicted octanol–water partition coefficient (Wildman–Crippen LogP) is 2.44. The second kappa shape index (κ2) is 7.20. The molecule has 0 aliphatic carbocycles. The van der Waals surface area contributed by atoms with Crippen molar-refractivity contribution in [3.8, 4) is 22.8 Å². The Morgan fingerprint density at radius 1 is 1.00 bits per heavy atom.